The van der Waals surface area contributed by atoms with Crippen LogP contribution in [0, 0.1) is 0 Å². The van der Waals surface area contributed by atoms with Crippen molar-refractivity contribution in [1.82, 2.24) is 0 Å². The summed E-state index contributed by atoms with van der Waals surface area (Å²) in [4.78, 5) is 13.0. The maximum Gasteiger partial charge on any atom is 0.193 e. The van der Waals surface area contributed by atoms with Gasteiger partial charge in [-0.3, -0.25) is 4.79 Å². The van der Waals surface area contributed by atoms with Crippen LogP contribution in [0.5, 0.6) is 0 Å². The largest absolute Gasteiger partial charge is 1.00 e. The molecule has 0 aliphatic carbocycles. The molecule has 32 heavy (non-hydrogen) atoms. The predicted molar refractivity (Wildman–Crippen MR) is 127 cm³/mol. The van der Waals surface area contributed by atoms with E-state index in [1.54, 1.807) is 0 Å². The number of carbonyl (C=O) groups is 1. The van der Waals surface area contributed by atoms with Crippen molar-refractivity contribution < 1.29 is 47.7 Å². The van der Waals surface area contributed by atoms with Gasteiger partial charge in [-0.1, -0.05) is 48.5 Å². The average molecular weight is 570 g/mol. The Morgan fingerprint density at radius 2 is 0.781 bits per heavy atom. The highest BCUT2D eigenvalue weighted by Gasteiger charge is 2.22. The highest BCUT2D eigenvalue weighted by Crippen LogP contribution is 2.19. The Labute approximate surface area is 217 Å². The Kier molecular flexibility index (Phi) is 13.8. The molecule has 0 atom stereocenters. The molecule has 0 unspecified atom stereocenters. The highest BCUT2D eigenvalue weighted by molar-refractivity contribution is 6.08. The first kappa shape index (κ1) is 31.0. The van der Waals surface area contributed by atoms with E-state index in [-0.39, 0.29) is 39.7 Å². The fourth-order valence-corrected chi connectivity index (χ4v) is 4.48. The van der Waals surface area contributed by atoms with Crippen LogP contribution >= 0.6 is 0 Å². The quantitative estimate of drug-likeness (QED) is 0.253. The molecule has 0 radical (unpaired) electrons. The van der Waals surface area contributed by atoms with Crippen LogP contribution in [0.25, 0.3) is 0 Å². The van der Waals surface area contributed by atoms with E-state index < -0.39 is 0 Å². The molecular weight excluding hydrogens is 528 g/mol. The van der Waals surface area contributed by atoms with Gasteiger partial charge in [0.2, 0.25) is 0 Å². The van der Waals surface area contributed by atoms with Crippen LogP contribution in [0.15, 0.2) is 48.5 Å². The molecule has 3 nitrogen and oxygen atoms in total. The number of benzene rings is 2. The Morgan fingerprint density at radius 1 is 0.531 bits per heavy atom. The van der Waals surface area contributed by atoms with E-state index in [9.17, 15) is 4.79 Å². The van der Waals surface area contributed by atoms with Gasteiger partial charge in [-0.05, 0) is 41.5 Å². The van der Waals surface area contributed by atoms with Crippen LogP contribution in [0.3, 0.4) is 0 Å². The summed E-state index contributed by atoms with van der Waals surface area (Å²) in [7, 11) is 0. The molecule has 0 aromatic heterocycles. The van der Waals surface area contributed by atoms with Gasteiger partial charge in [0.05, 0.1) is 39.3 Å². The van der Waals surface area contributed by atoms with Crippen molar-refractivity contribution in [3.63, 3.8) is 0 Å². The van der Waals surface area contributed by atoms with Crippen LogP contribution in [0.2, 0.25) is 0 Å². The molecule has 5 heteroatoms. The first-order valence-corrected chi connectivity index (χ1v) is 11.8. The maximum absolute atomic E-state index is 13.0. The van der Waals surface area contributed by atoms with Crippen molar-refractivity contribution in [1.29, 1.82) is 0 Å². The second kappa shape index (κ2) is 14.3. The van der Waals surface area contributed by atoms with Gasteiger partial charge in [-0.2, -0.15) is 0 Å². The van der Waals surface area contributed by atoms with E-state index in [1.807, 2.05) is 24.3 Å². The first-order chi connectivity index (χ1) is 14.4. The molecule has 0 bridgehead atoms. The second-order valence-corrected chi connectivity index (χ2v) is 8.62. The third-order valence-electron chi connectivity index (χ3n) is 7.49. The zero-order valence-electron chi connectivity index (χ0n) is 20.8. The second-order valence-electron chi connectivity index (χ2n) is 8.62. The molecule has 180 valence electrons. The summed E-state index contributed by atoms with van der Waals surface area (Å²) < 4.78 is 2.17. The third kappa shape index (κ3) is 7.51. The van der Waals surface area contributed by atoms with Gasteiger partial charge < -0.3 is 42.9 Å². The summed E-state index contributed by atoms with van der Waals surface area (Å²) in [6.07, 6.45) is 0. The average Bonchev–Trinajstić information content (AvgIpc) is 2.81. The van der Waals surface area contributed by atoms with E-state index in [1.165, 1.54) is 11.1 Å². The molecular formula is C27H42Br2N2O. The number of ketones is 1. The molecule has 0 spiro atoms. The molecule has 0 aliphatic heterocycles. The number of hydrogen-bond donors (Lipinski definition) is 0. The number of rotatable bonds is 12. The minimum Gasteiger partial charge on any atom is -1.00 e. The highest BCUT2D eigenvalue weighted by atomic mass is 79.9. The van der Waals surface area contributed by atoms with E-state index >= 15 is 0 Å². The smallest absolute Gasteiger partial charge is 0.193 e. The summed E-state index contributed by atoms with van der Waals surface area (Å²) in [6, 6.07) is 16.5. The molecule has 0 saturated heterocycles. The molecule has 2 aromatic rings. The molecule has 2 rings (SSSR count). The number of carbonyl (C=O) groups excluding carboxylic acids is 1. The van der Waals surface area contributed by atoms with Gasteiger partial charge in [0.15, 0.2) is 5.78 Å². The minimum atomic E-state index is 0. The lowest BCUT2D eigenvalue weighted by Gasteiger charge is -2.36. The van der Waals surface area contributed by atoms with E-state index in [0.717, 1.165) is 72.5 Å². The van der Waals surface area contributed by atoms with Crippen molar-refractivity contribution in [2.75, 3.05) is 39.3 Å². The topological polar surface area (TPSA) is 17.1 Å². The van der Waals surface area contributed by atoms with E-state index in [0.29, 0.717) is 0 Å². The monoisotopic (exact) mass is 568 g/mol. The molecule has 0 N–H and O–H groups in total. The maximum atomic E-state index is 13.0. The summed E-state index contributed by atoms with van der Waals surface area (Å²) >= 11 is 0. The van der Waals surface area contributed by atoms with E-state index in [2.05, 4.69) is 65.8 Å². The van der Waals surface area contributed by atoms with Crippen molar-refractivity contribution >= 4 is 5.78 Å². The standard InChI is InChI=1S/C27H42N2O.2BrH/c1-7-28(8-2,9-3)21-23-13-17-25(18-14-23)27(30)26-19-15-24(16-20-26)22-29(10-4,11-5)12-6;;/h13-20H,7-12,21-22H2,1-6H3;2*1H/q+2;;/p-2. The van der Waals surface area contributed by atoms with Crippen molar-refractivity contribution in [3.8, 4) is 0 Å². The summed E-state index contributed by atoms with van der Waals surface area (Å²) in [5.74, 6) is 0.109. The summed E-state index contributed by atoms with van der Waals surface area (Å²) in [5.41, 5.74) is 4.16. The zero-order chi connectivity index (χ0) is 22.2. The Balaban J connectivity index is 0.00000480. The minimum absolute atomic E-state index is 0. The molecule has 2 aromatic carbocycles. The molecule has 0 aliphatic rings. The van der Waals surface area contributed by atoms with Gasteiger partial charge in [0.1, 0.15) is 13.1 Å². The zero-order valence-corrected chi connectivity index (χ0v) is 24.0. The normalized spacial score (nSPS) is 11.4. The van der Waals surface area contributed by atoms with Gasteiger partial charge in [-0.15, -0.1) is 0 Å². The van der Waals surface area contributed by atoms with Crippen LogP contribution in [0.4, 0.5) is 0 Å². The van der Waals surface area contributed by atoms with Crippen molar-refractivity contribution in [3.05, 3.63) is 70.8 Å². The van der Waals surface area contributed by atoms with Crippen LogP contribution in [0.1, 0.15) is 68.6 Å². The number of hydrogen-bond acceptors (Lipinski definition) is 1. The lowest BCUT2D eigenvalue weighted by atomic mass is 10.00. The fourth-order valence-electron chi connectivity index (χ4n) is 4.48. The fraction of sp³-hybridized carbons (Fsp3) is 0.519. The van der Waals surface area contributed by atoms with Crippen molar-refractivity contribution in [2.24, 2.45) is 0 Å². The molecule has 0 heterocycles. The van der Waals surface area contributed by atoms with Crippen molar-refractivity contribution in [2.45, 2.75) is 54.6 Å². The third-order valence-corrected chi connectivity index (χ3v) is 7.49. The Morgan fingerprint density at radius 3 is 1.00 bits per heavy atom. The molecule has 0 saturated carbocycles. The summed E-state index contributed by atoms with van der Waals surface area (Å²) in [6.45, 7) is 22.4. The Bertz CT molecular complexity index is 711. The lowest BCUT2D eigenvalue weighted by molar-refractivity contribution is -0.936. The molecule has 0 amide bonds. The molecule has 0 fully saturated rings. The first-order valence-electron chi connectivity index (χ1n) is 11.8. The number of nitrogens with zero attached hydrogens (tertiary/aromatic N) is 2. The summed E-state index contributed by atoms with van der Waals surface area (Å²) in [5, 5.41) is 0. The van der Waals surface area contributed by atoms with Gasteiger partial charge in [-0.25, -0.2) is 0 Å². The Hall–Kier alpha value is -1.01. The van der Waals surface area contributed by atoms with Gasteiger partial charge in [0, 0.05) is 22.3 Å². The lowest BCUT2D eigenvalue weighted by Crippen LogP contribution is -3.00. The van der Waals surface area contributed by atoms with Crippen LogP contribution < -0.4 is 34.0 Å². The van der Waals surface area contributed by atoms with Crippen LogP contribution in [-0.4, -0.2) is 54.0 Å². The van der Waals surface area contributed by atoms with Crippen LogP contribution in [-0.2, 0) is 13.1 Å². The predicted octanol–water partition coefficient (Wildman–Crippen LogP) is -0.321. The number of quaternary nitrogens is 2. The number of halogens is 2. The van der Waals surface area contributed by atoms with Gasteiger partial charge in [0.25, 0.3) is 0 Å². The van der Waals surface area contributed by atoms with Gasteiger partial charge >= 0.3 is 0 Å². The SMILES string of the molecule is CC[N+](CC)(CC)Cc1ccc(C(=O)c2ccc(C[N+](CC)(CC)CC)cc2)cc1.[Br-].[Br-]. The van der Waals surface area contributed by atoms with E-state index in [4.69, 9.17) is 0 Å².